The molecule has 1 aliphatic heterocycles. The van der Waals surface area contributed by atoms with Gasteiger partial charge < -0.3 is 5.32 Å². The lowest BCUT2D eigenvalue weighted by atomic mass is 10.0. The third-order valence-electron chi connectivity index (χ3n) is 4.25. The lowest BCUT2D eigenvalue weighted by molar-refractivity contribution is -0.116. The van der Waals surface area contributed by atoms with Crippen LogP contribution in [0.1, 0.15) is 18.4 Å². The largest absolute Gasteiger partial charge is 0.342 e. The number of hydrogen-bond donors (Lipinski definition) is 1. The molecule has 1 aromatic carbocycles. The Morgan fingerprint density at radius 2 is 2.04 bits per heavy atom. The molecule has 1 amide bonds. The summed E-state index contributed by atoms with van der Waals surface area (Å²) in [5, 5.41) is 6.20. The molecule has 0 atom stereocenters. The number of piperidine rings is 1. The summed E-state index contributed by atoms with van der Waals surface area (Å²) in [6.45, 7) is 1.98. The van der Waals surface area contributed by atoms with E-state index in [1.54, 1.807) is 11.3 Å². The monoisotopic (exact) mass is 326 g/mol. The van der Waals surface area contributed by atoms with Crippen molar-refractivity contribution in [2.45, 2.75) is 18.9 Å². The van der Waals surface area contributed by atoms with Gasteiger partial charge in [0, 0.05) is 41.9 Å². The Morgan fingerprint density at radius 1 is 1.30 bits per heavy atom. The normalized spacial score (nSPS) is 23.6. The molecule has 1 fully saturated rings. The first-order valence-electron chi connectivity index (χ1n) is 7.78. The smallest absolute Gasteiger partial charge is 0.296 e. The maximum Gasteiger partial charge on any atom is 0.296 e. The molecule has 0 saturated carbocycles. The molecule has 118 valence electrons. The van der Waals surface area contributed by atoms with Crippen LogP contribution in [0.4, 0.5) is 5.13 Å². The van der Waals surface area contributed by atoms with Gasteiger partial charge in [0.15, 0.2) is 0 Å². The number of carbonyl (C=O) groups excluding carboxylic acids is 1. The van der Waals surface area contributed by atoms with Crippen molar-refractivity contribution in [3.8, 4) is 11.8 Å². The van der Waals surface area contributed by atoms with E-state index in [0.29, 0.717) is 0 Å². The van der Waals surface area contributed by atoms with Gasteiger partial charge in [-0.25, -0.2) is 0 Å². The van der Waals surface area contributed by atoms with Crippen LogP contribution in [0, 0.1) is 11.8 Å². The van der Waals surface area contributed by atoms with Gasteiger partial charge in [0.25, 0.3) is 11.0 Å². The summed E-state index contributed by atoms with van der Waals surface area (Å²) in [7, 11) is 2.21. The molecule has 0 bridgehead atoms. The van der Waals surface area contributed by atoms with E-state index in [-0.39, 0.29) is 11.9 Å². The molecule has 23 heavy (non-hydrogen) atoms. The van der Waals surface area contributed by atoms with E-state index < -0.39 is 0 Å². The quantitative estimate of drug-likeness (QED) is 0.680. The molecule has 0 radical (unpaired) electrons. The average molecular weight is 326 g/mol. The maximum absolute atomic E-state index is 12.0. The third kappa shape index (κ3) is 3.98. The molecular weight excluding hydrogens is 306 g/mol. The number of rotatable bonds is 2. The fourth-order valence-corrected chi connectivity index (χ4v) is 3.63. The molecule has 1 N–H and O–H groups in total. The van der Waals surface area contributed by atoms with Crippen LogP contribution in [0.5, 0.6) is 0 Å². The average Bonchev–Trinajstić information content (AvgIpc) is 3.12. The van der Waals surface area contributed by atoms with Crippen LogP contribution in [0.3, 0.4) is 0 Å². The van der Waals surface area contributed by atoms with Crippen molar-refractivity contribution in [2.24, 2.45) is 0 Å². The van der Waals surface area contributed by atoms with Crippen LogP contribution in [0.2, 0.25) is 0 Å². The van der Waals surface area contributed by atoms with Crippen molar-refractivity contribution < 1.29 is 4.79 Å². The molecular formula is C18H20N3OS+. The van der Waals surface area contributed by atoms with E-state index in [4.69, 9.17) is 0 Å². The highest BCUT2D eigenvalue weighted by Crippen LogP contribution is 2.28. The van der Waals surface area contributed by atoms with E-state index >= 15 is 0 Å². The van der Waals surface area contributed by atoms with Gasteiger partial charge >= 0.3 is 0 Å². The molecule has 2 aromatic rings. The lowest BCUT2D eigenvalue weighted by Crippen LogP contribution is -2.55. The standard InChI is InChI=1S/C18H19N3OS/c1-21(18-19-11-14-23-18)12-9-16(10-13-21)20-17(22)8-7-15-5-3-2-4-6-15/h2-6,11,14,16H,9-10,12-13H2,1H3/p+1. The highest BCUT2D eigenvalue weighted by atomic mass is 32.1. The molecule has 3 rings (SSSR count). The van der Waals surface area contributed by atoms with Crippen molar-refractivity contribution in [3.05, 3.63) is 47.5 Å². The van der Waals surface area contributed by atoms with Gasteiger partial charge in [-0.2, -0.15) is 4.98 Å². The molecule has 5 heteroatoms. The Hall–Kier alpha value is -2.16. The van der Waals surface area contributed by atoms with E-state index in [2.05, 4.69) is 29.2 Å². The summed E-state index contributed by atoms with van der Waals surface area (Å²) >= 11 is 1.70. The van der Waals surface area contributed by atoms with Crippen LogP contribution in [-0.2, 0) is 4.79 Å². The first kappa shape index (κ1) is 15.7. The van der Waals surface area contributed by atoms with Gasteiger partial charge in [0.2, 0.25) is 0 Å². The van der Waals surface area contributed by atoms with Gasteiger partial charge in [-0.1, -0.05) is 35.5 Å². The molecule has 4 nitrogen and oxygen atoms in total. The zero-order valence-corrected chi connectivity index (χ0v) is 14.0. The van der Waals surface area contributed by atoms with Gasteiger partial charge in [0.1, 0.15) is 0 Å². The van der Waals surface area contributed by atoms with Gasteiger partial charge in [-0.05, 0) is 12.1 Å². The minimum Gasteiger partial charge on any atom is -0.342 e. The van der Waals surface area contributed by atoms with Crippen LogP contribution < -0.4 is 9.80 Å². The summed E-state index contributed by atoms with van der Waals surface area (Å²) in [5.41, 5.74) is 0.860. The Labute approximate surface area is 140 Å². The van der Waals surface area contributed by atoms with E-state index in [1.165, 1.54) is 0 Å². The van der Waals surface area contributed by atoms with Crippen LogP contribution in [-0.4, -0.2) is 37.1 Å². The number of hydrogen-bond acceptors (Lipinski definition) is 3. The Kier molecular flexibility index (Phi) is 4.75. The molecule has 1 aromatic heterocycles. The molecule has 0 spiro atoms. The molecule has 2 heterocycles. The van der Waals surface area contributed by atoms with Crippen molar-refractivity contribution in [2.75, 3.05) is 20.1 Å². The summed E-state index contributed by atoms with van der Waals surface area (Å²) in [5.74, 6) is 5.39. The van der Waals surface area contributed by atoms with Crippen LogP contribution >= 0.6 is 11.3 Å². The van der Waals surface area contributed by atoms with Crippen molar-refractivity contribution >= 4 is 22.4 Å². The number of benzene rings is 1. The first-order valence-corrected chi connectivity index (χ1v) is 8.66. The highest BCUT2D eigenvalue weighted by molar-refractivity contribution is 7.13. The predicted molar refractivity (Wildman–Crippen MR) is 94.1 cm³/mol. The third-order valence-corrected chi connectivity index (χ3v) is 5.27. The van der Waals surface area contributed by atoms with Gasteiger partial charge in [-0.15, -0.1) is 0 Å². The van der Waals surface area contributed by atoms with E-state index in [1.807, 2.05) is 41.9 Å². The maximum atomic E-state index is 12.0. The second-order valence-corrected chi connectivity index (χ2v) is 6.89. The summed E-state index contributed by atoms with van der Waals surface area (Å²) in [6, 6.07) is 9.78. The molecule has 1 saturated heterocycles. The minimum absolute atomic E-state index is 0.191. The van der Waals surface area contributed by atoms with Crippen molar-refractivity contribution in [1.29, 1.82) is 0 Å². The van der Waals surface area contributed by atoms with Crippen molar-refractivity contribution in [1.82, 2.24) is 14.8 Å². The number of nitrogens with one attached hydrogen (secondary N) is 1. The number of nitrogens with zero attached hydrogens (tertiary/aromatic N) is 2. The fourth-order valence-electron chi connectivity index (χ4n) is 2.83. The molecule has 0 unspecified atom stereocenters. The highest BCUT2D eigenvalue weighted by Gasteiger charge is 2.34. The Bertz CT molecular complexity index is 708. The number of thiazole rings is 1. The van der Waals surface area contributed by atoms with Gasteiger partial charge in [0.05, 0.1) is 20.1 Å². The number of aromatic nitrogens is 1. The second kappa shape index (κ2) is 6.95. The minimum atomic E-state index is -0.191. The molecule has 1 aliphatic rings. The lowest BCUT2D eigenvalue weighted by Gasteiger charge is -2.37. The first-order chi connectivity index (χ1) is 11.2. The fraction of sp³-hybridized carbons (Fsp3) is 0.333. The zero-order chi connectivity index (χ0) is 16.1. The van der Waals surface area contributed by atoms with Gasteiger partial charge in [-0.3, -0.25) is 9.28 Å². The predicted octanol–water partition coefficient (Wildman–Crippen LogP) is 2.41. The second-order valence-electron chi connectivity index (χ2n) is 6.02. The number of likely N-dealkylation sites (tertiary alicyclic amines) is 1. The number of amides is 1. The Morgan fingerprint density at radius 3 is 2.70 bits per heavy atom. The van der Waals surface area contributed by atoms with E-state index in [9.17, 15) is 4.79 Å². The number of quaternary nitrogens is 1. The number of carbonyl (C=O) groups is 1. The summed E-state index contributed by atoms with van der Waals surface area (Å²) in [4.78, 5) is 16.4. The topological polar surface area (TPSA) is 42.0 Å². The summed E-state index contributed by atoms with van der Waals surface area (Å²) < 4.78 is 0.861. The molecule has 0 aliphatic carbocycles. The zero-order valence-electron chi connectivity index (χ0n) is 13.2. The van der Waals surface area contributed by atoms with Crippen molar-refractivity contribution in [3.63, 3.8) is 0 Å². The Balaban J connectivity index is 1.53. The SMILES string of the molecule is C[N+]1(c2nccs2)CCC(NC(=O)C#Cc2ccccc2)CC1. The summed E-state index contributed by atoms with van der Waals surface area (Å²) in [6.07, 6.45) is 3.76. The van der Waals surface area contributed by atoms with Crippen LogP contribution in [0.25, 0.3) is 0 Å². The van der Waals surface area contributed by atoms with E-state index in [0.717, 1.165) is 41.1 Å². The van der Waals surface area contributed by atoms with Crippen LogP contribution in [0.15, 0.2) is 41.9 Å².